The number of carbonyl (C=O) groups is 2. The number of aliphatic imine (C=N–C) groups is 1. The summed E-state index contributed by atoms with van der Waals surface area (Å²) in [6.45, 7) is 5.08. The van der Waals surface area contributed by atoms with Crippen molar-refractivity contribution < 1.29 is 14.3 Å². The molecule has 24 heavy (non-hydrogen) atoms. The van der Waals surface area contributed by atoms with Crippen LogP contribution in [0.5, 0.6) is 0 Å². The molecule has 0 aliphatic carbocycles. The Morgan fingerprint density at radius 2 is 2.12 bits per heavy atom. The number of imide groups is 1. The van der Waals surface area contributed by atoms with Crippen LogP contribution in [0.2, 0.25) is 0 Å². The first-order chi connectivity index (χ1) is 11.5. The lowest BCUT2D eigenvalue weighted by molar-refractivity contribution is -0.125. The molecule has 3 heterocycles. The number of ether oxygens (including phenoxy) is 1. The van der Waals surface area contributed by atoms with Gasteiger partial charge in [0.05, 0.1) is 6.10 Å². The highest BCUT2D eigenvalue weighted by molar-refractivity contribution is 6.07. The van der Waals surface area contributed by atoms with Crippen LogP contribution >= 0.6 is 0 Å². The van der Waals surface area contributed by atoms with Crippen LogP contribution in [0.1, 0.15) is 32.6 Å². The van der Waals surface area contributed by atoms with Crippen molar-refractivity contribution in [2.75, 3.05) is 33.3 Å². The first-order valence-corrected chi connectivity index (χ1v) is 8.73. The zero-order valence-electron chi connectivity index (χ0n) is 14.4. The number of guanidine groups is 1. The number of hydrogen-bond acceptors (Lipinski definition) is 4. The Morgan fingerprint density at radius 3 is 2.67 bits per heavy atom. The molecule has 2 atom stereocenters. The molecule has 3 fully saturated rings. The Balaban J connectivity index is 1.52. The van der Waals surface area contributed by atoms with E-state index >= 15 is 0 Å². The molecule has 3 aliphatic rings. The van der Waals surface area contributed by atoms with Crippen LogP contribution < -0.4 is 16.0 Å². The van der Waals surface area contributed by atoms with Gasteiger partial charge in [-0.05, 0) is 38.5 Å². The summed E-state index contributed by atoms with van der Waals surface area (Å²) in [5, 5.41) is 8.53. The van der Waals surface area contributed by atoms with Crippen molar-refractivity contribution in [2.45, 2.75) is 44.2 Å². The number of amides is 3. The molecule has 2 unspecified atom stereocenters. The van der Waals surface area contributed by atoms with E-state index in [1.807, 2.05) is 6.92 Å². The van der Waals surface area contributed by atoms with Gasteiger partial charge in [0.25, 0.3) is 5.91 Å². The number of carbonyl (C=O) groups excluding carboxylic acids is 2. The molecule has 3 aliphatic heterocycles. The second-order valence-electron chi connectivity index (χ2n) is 6.94. The van der Waals surface area contributed by atoms with E-state index in [1.54, 1.807) is 7.05 Å². The van der Waals surface area contributed by atoms with Gasteiger partial charge in [0.2, 0.25) is 0 Å². The normalized spacial score (nSPS) is 32.0. The first-order valence-electron chi connectivity index (χ1n) is 8.73. The van der Waals surface area contributed by atoms with Gasteiger partial charge in [-0.3, -0.25) is 15.1 Å². The van der Waals surface area contributed by atoms with Gasteiger partial charge >= 0.3 is 6.03 Å². The predicted molar refractivity (Wildman–Crippen MR) is 89.7 cm³/mol. The molecule has 0 saturated carbocycles. The molecular weight excluding hydrogens is 310 g/mol. The van der Waals surface area contributed by atoms with Gasteiger partial charge in [0.15, 0.2) is 5.96 Å². The maximum Gasteiger partial charge on any atom is 0.322 e. The molecular formula is C16H27N5O3. The Bertz CT molecular complexity index is 524. The molecule has 3 saturated heterocycles. The first kappa shape index (κ1) is 17.0. The lowest BCUT2D eigenvalue weighted by Gasteiger charge is -2.39. The van der Waals surface area contributed by atoms with Crippen LogP contribution in [0, 0.1) is 5.92 Å². The van der Waals surface area contributed by atoms with Crippen LogP contribution in [-0.4, -0.2) is 67.7 Å². The Morgan fingerprint density at radius 1 is 1.38 bits per heavy atom. The van der Waals surface area contributed by atoms with E-state index in [0.717, 1.165) is 57.9 Å². The summed E-state index contributed by atoms with van der Waals surface area (Å²) in [4.78, 5) is 30.1. The fourth-order valence-corrected chi connectivity index (χ4v) is 3.86. The van der Waals surface area contributed by atoms with Gasteiger partial charge in [-0.15, -0.1) is 0 Å². The highest BCUT2D eigenvalue weighted by Gasteiger charge is 2.48. The van der Waals surface area contributed by atoms with Crippen LogP contribution in [0.4, 0.5) is 4.79 Å². The quantitative estimate of drug-likeness (QED) is 0.384. The average molecular weight is 337 g/mol. The molecule has 8 nitrogen and oxygen atoms in total. The zero-order chi connectivity index (χ0) is 17.2. The molecule has 0 bridgehead atoms. The third kappa shape index (κ3) is 3.33. The van der Waals surface area contributed by atoms with Crippen LogP contribution in [0.3, 0.4) is 0 Å². The molecule has 0 aromatic rings. The second kappa shape index (κ2) is 6.96. The van der Waals surface area contributed by atoms with Crippen molar-refractivity contribution in [1.82, 2.24) is 20.9 Å². The second-order valence-corrected chi connectivity index (χ2v) is 6.94. The van der Waals surface area contributed by atoms with Gasteiger partial charge in [0, 0.05) is 33.3 Å². The Hall–Kier alpha value is -1.83. The summed E-state index contributed by atoms with van der Waals surface area (Å²) >= 11 is 0. The number of nitrogens with zero attached hydrogens (tertiary/aromatic N) is 2. The third-order valence-electron chi connectivity index (χ3n) is 5.41. The fourth-order valence-electron chi connectivity index (χ4n) is 3.86. The van der Waals surface area contributed by atoms with E-state index < -0.39 is 5.54 Å². The lowest BCUT2D eigenvalue weighted by atomic mass is 9.79. The highest BCUT2D eigenvalue weighted by atomic mass is 16.5. The summed E-state index contributed by atoms with van der Waals surface area (Å²) in [5.41, 5.74) is -0.794. The van der Waals surface area contributed by atoms with Gasteiger partial charge in [-0.25, -0.2) is 4.79 Å². The minimum Gasteiger partial charge on any atom is -0.376 e. The predicted octanol–water partition coefficient (Wildman–Crippen LogP) is 0.0509. The number of likely N-dealkylation sites (tertiary alicyclic amines) is 1. The minimum absolute atomic E-state index is 0.136. The number of nitrogens with one attached hydrogen (secondary N) is 3. The van der Waals surface area contributed by atoms with Crippen molar-refractivity contribution in [2.24, 2.45) is 10.9 Å². The van der Waals surface area contributed by atoms with Crippen molar-refractivity contribution in [1.29, 1.82) is 0 Å². The summed E-state index contributed by atoms with van der Waals surface area (Å²) in [6.07, 6.45) is 4.17. The molecule has 3 amide bonds. The van der Waals surface area contributed by atoms with Crippen molar-refractivity contribution in [3.63, 3.8) is 0 Å². The molecule has 0 radical (unpaired) electrons. The van der Waals surface area contributed by atoms with E-state index in [1.165, 1.54) is 0 Å². The number of rotatable bonds is 3. The van der Waals surface area contributed by atoms with Crippen LogP contribution in [0.25, 0.3) is 0 Å². The maximum atomic E-state index is 12.1. The number of piperidine rings is 1. The number of hydrogen-bond donors (Lipinski definition) is 3. The standard InChI is InChI=1S/C16H27N5O3/c1-16(13(22)19-15(23)20-16)11-5-7-21(8-6-11)14(17-2)18-10-12-4-3-9-24-12/h11-12H,3-10H2,1-2H3,(H,17,18)(H2,19,20,22,23). The largest absolute Gasteiger partial charge is 0.376 e. The fraction of sp³-hybridized carbons (Fsp3) is 0.812. The topological polar surface area (TPSA) is 95.1 Å². The summed E-state index contributed by atoms with van der Waals surface area (Å²) < 4.78 is 5.63. The Kier molecular flexibility index (Phi) is 4.93. The van der Waals surface area contributed by atoms with Crippen molar-refractivity contribution in [3.05, 3.63) is 0 Å². The van der Waals surface area contributed by atoms with Gasteiger partial charge < -0.3 is 20.3 Å². The van der Waals surface area contributed by atoms with Gasteiger partial charge in [0.1, 0.15) is 5.54 Å². The summed E-state index contributed by atoms with van der Waals surface area (Å²) in [6, 6.07) is -0.390. The van der Waals surface area contributed by atoms with E-state index in [-0.39, 0.29) is 24.0 Å². The van der Waals surface area contributed by atoms with Crippen LogP contribution in [-0.2, 0) is 9.53 Å². The molecule has 134 valence electrons. The smallest absolute Gasteiger partial charge is 0.322 e. The van der Waals surface area contributed by atoms with E-state index in [9.17, 15) is 9.59 Å². The third-order valence-corrected chi connectivity index (χ3v) is 5.41. The Labute approximate surface area is 142 Å². The average Bonchev–Trinajstić information content (AvgIpc) is 3.17. The molecule has 3 N–H and O–H groups in total. The molecule has 0 aromatic carbocycles. The van der Waals surface area contributed by atoms with Crippen LogP contribution in [0.15, 0.2) is 4.99 Å². The van der Waals surface area contributed by atoms with Crippen molar-refractivity contribution >= 4 is 17.9 Å². The highest BCUT2D eigenvalue weighted by Crippen LogP contribution is 2.30. The zero-order valence-corrected chi connectivity index (χ0v) is 14.4. The van der Waals surface area contributed by atoms with E-state index in [0.29, 0.717) is 0 Å². The minimum atomic E-state index is -0.794. The van der Waals surface area contributed by atoms with E-state index in [4.69, 9.17) is 4.74 Å². The molecule has 0 spiro atoms. The summed E-state index contributed by atoms with van der Waals surface area (Å²) in [5.74, 6) is 0.803. The molecule has 8 heteroatoms. The van der Waals surface area contributed by atoms with E-state index in [2.05, 4.69) is 25.8 Å². The van der Waals surface area contributed by atoms with Crippen molar-refractivity contribution in [3.8, 4) is 0 Å². The monoisotopic (exact) mass is 337 g/mol. The van der Waals surface area contributed by atoms with Gasteiger partial charge in [-0.1, -0.05) is 0 Å². The summed E-state index contributed by atoms with van der Waals surface area (Å²) in [7, 11) is 1.79. The molecule has 3 rings (SSSR count). The SMILES string of the molecule is CN=C(NCC1CCCO1)N1CCC(C2(C)NC(=O)NC2=O)CC1. The lowest BCUT2D eigenvalue weighted by Crippen LogP contribution is -2.55. The molecule has 0 aromatic heterocycles. The maximum absolute atomic E-state index is 12.1. The van der Waals surface area contributed by atoms with Gasteiger partial charge in [-0.2, -0.15) is 0 Å². The number of urea groups is 1.